The van der Waals surface area contributed by atoms with E-state index in [-0.39, 0.29) is 10.8 Å². The first kappa shape index (κ1) is 16.9. The molecule has 0 amide bonds. The molecule has 1 heterocycles. The molecule has 1 aromatic heterocycles. The third-order valence-electron chi connectivity index (χ3n) is 2.80. The van der Waals surface area contributed by atoms with E-state index in [9.17, 15) is 9.90 Å². The lowest BCUT2D eigenvalue weighted by atomic mass is 9.84. The first-order valence-corrected chi connectivity index (χ1v) is 7.57. The predicted octanol–water partition coefficient (Wildman–Crippen LogP) is 3.38. The first-order chi connectivity index (χ1) is 8.99. The molecule has 0 saturated heterocycles. The Kier molecular flexibility index (Phi) is 5.13. The summed E-state index contributed by atoms with van der Waals surface area (Å²) in [6.07, 6.45) is 0.625. The van der Waals surface area contributed by atoms with Crippen molar-refractivity contribution in [3.8, 4) is 0 Å². The van der Waals surface area contributed by atoms with Gasteiger partial charge in [0.15, 0.2) is 0 Å². The molecule has 0 aliphatic heterocycles. The standard InChI is InChI=1S/C14H25N3O2S/c1-13(2,3)7-9(10(18)19)8-15-12-16-11(17-20-12)14(4,5)6/h9H,7-8H2,1-6H3,(H,18,19)(H,15,16,17). The molecule has 0 saturated carbocycles. The normalized spacial score (nSPS) is 14.1. The van der Waals surface area contributed by atoms with Crippen molar-refractivity contribution in [2.24, 2.45) is 11.3 Å². The second-order valence-electron chi connectivity index (χ2n) is 7.35. The van der Waals surface area contributed by atoms with Crippen molar-refractivity contribution in [2.45, 2.75) is 53.4 Å². The summed E-state index contributed by atoms with van der Waals surface area (Å²) in [6.45, 7) is 12.7. The Morgan fingerprint density at radius 1 is 1.30 bits per heavy atom. The van der Waals surface area contributed by atoms with Crippen molar-refractivity contribution in [3.63, 3.8) is 0 Å². The largest absolute Gasteiger partial charge is 0.481 e. The van der Waals surface area contributed by atoms with Gasteiger partial charge in [-0.25, -0.2) is 4.98 Å². The van der Waals surface area contributed by atoms with Crippen molar-refractivity contribution < 1.29 is 9.90 Å². The zero-order chi connectivity index (χ0) is 15.6. The smallest absolute Gasteiger partial charge is 0.308 e. The summed E-state index contributed by atoms with van der Waals surface area (Å²) in [5.41, 5.74) is -0.101. The molecular weight excluding hydrogens is 274 g/mol. The van der Waals surface area contributed by atoms with Crippen LogP contribution in [0.4, 0.5) is 5.13 Å². The zero-order valence-corrected chi connectivity index (χ0v) is 14.0. The number of carboxylic acids is 1. The SMILES string of the molecule is CC(C)(C)CC(CNc1nc(C(C)(C)C)ns1)C(=O)O. The van der Waals surface area contributed by atoms with Crippen LogP contribution >= 0.6 is 11.5 Å². The van der Waals surface area contributed by atoms with Crippen LogP contribution in [0, 0.1) is 11.3 Å². The van der Waals surface area contributed by atoms with E-state index in [0.717, 1.165) is 5.82 Å². The van der Waals surface area contributed by atoms with E-state index in [0.29, 0.717) is 18.1 Å². The molecule has 1 atom stereocenters. The van der Waals surface area contributed by atoms with Gasteiger partial charge in [0.1, 0.15) is 5.82 Å². The topological polar surface area (TPSA) is 75.1 Å². The molecule has 114 valence electrons. The Morgan fingerprint density at radius 2 is 1.90 bits per heavy atom. The number of nitrogens with zero attached hydrogens (tertiary/aromatic N) is 2. The van der Waals surface area contributed by atoms with Gasteiger partial charge >= 0.3 is 5.97 Å². The second-order valence-corrected chi connectivity index (χ2v) is 8.11. The van der Waals surface area contributed by atoms with Crippen molar-refractivity contribution in [2.75, 3.05) is 11.9 Å². The monoisotopic (exact) mass is 299 g/mol. The van der Waals surface area contributed by atoms with Crippen molar-refractivity contribution in [3.05, 3.63) is 5.82 Å². The molecule has 0 aromatic carbocycles. The summed E-state index contributed by atoms with van der Waals surface area (Å²) < 4.78 is 4.31. The number of aliphatic carboxylic acids is 1. The van der Waals surface area contributed by atoms with E-state index in [1.165, 1.54) is 11.5 Å². The van der Waals surface area contributed by atoms with Gasteiger partial charge in [-0.05, 0) is 11.8 Å². The van der Waals surface area contributed by atoms with Gasteiger partial charge < -0.3 is 10.4 Å². The maximum Gasteiger partial charge on any atom is 0.308 e. The molecule has 20 heavy (non-hydrogen) atoms. The highest BCUT2D eigenvalue weighted by molar-refractivity contribution is 7.09. The van der Waals surface area contributed by atoms with Gasteiger partial charge in [-0.2, -0.15) is 4.37 Å². The van der Waals surface area contributed by atoms with E-state index < -0.39 is 11.9 Å². The minimum Gasteiger partial charge on any atom is -0.481 e. The molecule has 0 bridgehead atoms. The van der Waals surface area contributed by atoms with E-state index >= 15 is 0 Å². The molecule has 5 nitrogen and oxygen atoms in total. The van der Waals surface area contributed by atoms with E-state index in [4.69, 9.17) is 0 Å². The molecule has 0 aliphatic carbocycles. The van der Waals surface area contributed by atoms with Gasteiger partial charge in [-0.1, -0.05) is 41.5 Å². The second kappa shape index (κ2) is 6.08. The fourth-order valence-electron chi connectivity index (χ4n) is 1.80. The lowest BCUT2D eigenvalue weighted by Gasteiger charge is -2.23. The molecule has 1 aromatic rings. The average Bonchev–Trinajstić information content (AvgIpc) is 2.70. The maximum atomic E-state index is 11.3. The van der Waals surface area contributed by atoms with Crippen LogP contribution in [-0.2, 0) is 10.2 Å². The minimum absolute atomic E-state index is 0.0115. The number of carbonyl (C=O) groups is 1. The molecule has 2 N–H and O–H groups in total. The number of aromatic nitrogens is 2. The van der Waals surface area contributed by atoms with E-state index in [2.05, 4.69) is 35.4 Å². The third kappa shape index (κ3) is 5.45. The van der Waals surface area contributed by atoms with Crippen LogP contribution in [0.5, 0.6) is 0 Å². The Balaban J connectivity index is 2.64. The fourth-order valence-corrected chi connectivity index (χ4v) is 2.56. The van der Waals surface area contributed by atoms with Gasteiger partial charge in [0.25, 0.3) is 0 Å². The van der Waals surface area contributed by atoms with Gasteiger partial charge in [-0.3, -0.25) is 4.79 Å². The molecule has 6 heteroatoms. The quantitative estimate of drug-likeness (QED) is 0.871. The summed E-state index contributed by atoms with van der Waals surface area (Å²) in [5, 5.41) is 13.1. The highest BCUT2D eigenvalue weighted by Gasteiger charge is 2.25. The maximum absolute atomic E-state index is 11.3. The van der Waals surface area contributed by atoms with E-state index in [1.807, 2.05) is 20.8 Å². The predicted molar refractivity (Wildman–Crippen MR) is 82.3 cm³/mol. The highest BCUT2D eigenvalue weighted by Crippen LogP contribution is 2.26. The van der Waals surface area contributed by atoms with Crippen molar-refractivity contribution in [1.82, 2.24) is 9.36 Å². The summed E-state index contributed by atoms with van der Waals surface area (Å²) in [6, 6.07) is 0. The molecule has 1 unspecified atom stereocenters. The van der Waals surface area contributed by atoms with Crippen LogP contribution in [0.1, 0.15) is 53.8 Å². The van der Waals surface area contributed by atoms with Crippen LogP contribution in [0.3, 0.4) is 0 Å². The van der Waals surface area contributed by atoms with Crippen LogP contribution < -0.4 is 5.32 Å². The number of hydrogen-bond donors (Lipinski definition) is 2. The Labute approximate surface area is 125 Å². The van der Waals surface area contributed by atoms with Crippen molar-refractivity contribution >= 4 is 22.6 Å². The molecular formula is C14H25N3O2S. The van der Waals surface area contributed by atoms with Crippen LogP contribution in [0.15, 0.2) is 0 Å². The van der Waals surface area contributed by atoms with Crippen LogP contribution in [0.25, 0.3) is 0 Å². The van der Waals surface area contributed by atoms with Crippen LogP contribution in [0.2, 0.25) is 0 Å². The van der Waals surface area contributed by atoms with Gasteiger partial charge in [0, 0.05) is 23.5 Å². The Morgan fingerprint density at radius 3 is 2.30 bits per heavy atom. The first-order valence-electron chi connectivity index (χ1n) is 6.80. The summed E-state index contributed by atoms with van der Waals surface area (Å²) >= 11 is 1.28. The number of carboxylic acid groups (broad SMARTS) is 1. The van der Waals surface area contributed by atoms with Crippen LogP contribution in [-0.4, -0.2) is 27.0 Å². The average molecular weight is 299 g/mol. The lowest BCUT2D eigenvalue weighted by Crippen LogP contribution is -2.27. The van der Waals surface area contributed by atoms with Gasteiger partial charge in [0.05, 0.1) is 5.92 Å². The molecule has 0 spiro atoms. The number of hydrogen-bond acceptors (Lipinski definition) is 5. The fraction of sp³-hybridized carbons (Fsp3) is 0.786. The number of nitrogens with one attached hydrogen (secondary N) is 1. The Hall–Kier alpha value is -1.17. The molecule has 0 fully saturated rings. The minimum atomic E-state index is -0.770. The van der Waals surface area contributed by atoms with Crippen molar-refractivity contribution in [1.29, 1.82) is 0 Å². The summed E-state index contributed by atoms with van der Waals surface area (Å²) in [4.78, 5) is 15.7. The third-order valence-corrected chi connectivity index (χ3v) is 3.48. The van der Waals surface area contributed by atoms with E-state index in [1.54, 1.807) is 0 Å². The highest BCUT2D eigenvalue weighted by atomic mass is 32.1. The lowest BCUT2D eigenvalue weighted by molar-refractivity contribution is -0.142. The molecule has 0 radical (unpaired) electrons. The van der Waals surface area contributed by atoms with Gasteiger partial charge in [0.2, 0.25) is 5.13 Å². The summed E-state index contributed by atoms with van der Waals surface area (Å²) in [7, 11) is 0. The number of anilines is 1. The number of rotatable bonds is 5. The molecule has 1 rings (SSSR count). The zero-order valence-electron chi connectivity index (χ0n) is 13.1. The summed E-state index contributed by atoms with van der Waals surface area (Å²) in [5.74, 6) is -0.405. The van der Waals surface area contributed by atoms with Gasteiger partial charge in [-0.15, -0.1) is 0 Å². The Bertz CT molecular complexity index is 458. The molecule has 0 aliphatic rings.